The van der Waals surface area contributed by atoms with Crippen LogP contribution in [0.1, 0.15) is 45.5 Å². The molecule has 0 aliphatic carbocycles. The summed E-state index contributed by atoms with van der Waals surface area (Å²) in [4.78, 5) is 21.4. The first-order chi connectivity index (χ1) is 10.4. The SMILES string of the molecule is CC(C)(C)OC(=O)N1CCCC1c1nc(-c2ccc[nH]2)no1. The molecule has 1 atom stereocenters. The highest BCUT2D eigenvalue weighted by molar-refractivity contribution is 5.69. The molecule has 1 aliphatic heterocycles. The van der Waals surface area contributed by atoms with E-state index in [1.165, 1.54) is 0 Å². The standard InChI is InChI=1S/C15H20N4O3/c1-15(2,3)21-14(20)19-9-5-7-11(19)13-17-12(18-22-13)10-6-4-8-16-10/h4,6,8,11,16H,5,7,9H2,1-3H3. The number of aromatic nitrogens is 3. The van der Waals surface area contributed by atoms with Crippen LogP contribution in [0.5, 0.6) is 0 Å². The van der Waals surface area contributed by atoms with E-state index < -0.39 is 5.60 Å². The molecule has 118 valence electrons. The second-order valence-electron chi connectivity index (χ2n) is 6.37. The number of carbonyl (C=O) groups excluding carboxylic acids is 1. The normalized spacial score (nSPS) is 18.7. The van der Waals surface area contributed by atoms with Gasteiger partial charge < -0.3 is 14.2 Å². The summed E-state index contributed by atoms with van der Waals surface area (Å²) in [6.45, 7) is 6.20. The van der Waals surface area contributed by atoms with Gasteiger partial charge in [-0.25, -0.2) is 4.79 Å². The van der Waals surface area contributed by atoms with Gasteiger partial charge in [0, 0.05) is 12.7 Å². The molecule has 1 saturated heterocycles. The summed E-state index contributed by atoms with van der Waals surface area (Å²) in [6.07, 6.45) is 3.15. The fourth-order valence-electron chi connectivity index (χ4n) is 2.51. The van der Waals surface area contributed by atoms with E-state index in [4.69, 9.17) is 9.26 Å². The molecule has 0 spiro atoms. The van der Waals surface area contributed by atoms with Crippen molar-refractivity contribution in [3.63, 3.8) is 0 Å². The summed E-state index contributed by atoms with van der Waals surface area (Å²) >= 11 is 0. The van der Waals surface area contributed by atoms with E-state index in [1.807, 2.05) is 32.9 Å². The van der Waals surface area contributed by atoms with Crippen molar-refractivity contribution < 1.29 is 14.1 Å². The Bertz CT molecular complexity index is 642. The number of nitrogens with zero attached hydrogens (tertiary/aromatic N) is 3. The first-order valence-corrected chi connectivity index (χ1v) is 7.41. The van der Waals surface area contributed by atoms with E-state index in [2.05, 4.69) is 15.1 Å². The van der Waals surface area contributed by atoms with Crippen molar-refractivity contribution in [2.75, 3.05) is 6.54 Å². The lowest BCUT2D eigenvalue weighted by molar-refractivity contribution is 0.0199. The molecule has 3 heterocycles. The molecule has 2 aromatic heterocycles. The molecule has 0 radical (unpaired) electrons. The fraction of sp³-hybridized carbons (Fsp3) is 0.533. The van der Waals surface area contributed by atoms with Crippen molar-refractivity contribution in [1.29, 1.82) is 0 Å². The monoisotopic (exact) mass is 304 g/mol. The number of nitrogens with one attached hydrogen (secondary N) is 1. The number of hydrogen-bond donors (Lipinski definition) is 1. The number of ether oxygens (including phenoxy) is 1. The molecule has 0 bridgehead atoms. The third-order valence-electron chi connectivity index (χ3n) is 3.45. The number of rotatable bonds is 2. The molecule has 7 heteroatoms. The first kappa shape index (κ1) is 14.6. The maximum Gasteiger partial charge on any atom is 0.410 e. The van der Waals surface area contributed by atoms with Crippen molar-refractivity contribution in [3.05, 3.63) is 24.2 Å². The highest BCUT2D eigenvalue weighted by atomic mass is 16.6. The predicted molar refractivity (Wildman–Crippen MR) is 79.0 cm³/mol. The molecule has 0 aromatic carbocycles. The quantitative estimate of drug-likeness (QED) is 0.921. The molecular formula is C15H20N4O3. The molecule has 3 rings (SSSR count). The average molecular weight is 304 g/mol. The maximum absolute atomic E-state index is 12.3. The van der Waals surface area contributed by atoms with E-state index in [0.717, 1.165) is 18.5 Å². The van der Waals surface area contributed by atoms with E-state index >= 15 is 0 Å². The van der Waals surface area contributed by atoms with Gasteiger partial charge in [-0.15, -0.1) is 0 Å². The van der Waals surface area contributed by atoms with Crippen molar-refractivity contribution in [2.45, 2.75) is 45.3 Å². The summed E-state index contributed by atoms with van der Waals surface area (Å²) in [7, 11) is 0. The lowest BCUT2D eigenvalue weighted by Crippen LogP contribution is -2.36. The molecule has 1 aliphatic rings. The van der Waals surface area contributed by atoms with E-state index in [0.29, 0.717) is 18.3 Å². The highest BCUT2D eigenvalue weighted by Gasteiger charge is 2.36. The smallest absolute Gasteiger partial charge is 0.410 e. The van der Waals surface area contributed by atoms with Gasteiger partial charge in [0.25, 0.3) is 0 Å². The van der Waals surface area contributed by atoms with Crippen molar-refractivity contribution >= 4 is 6.09 Å². The largest absolute Gasteiger partial charge is 0.444 e. The number of H-pyrrole nitrogens is 1. The summed E-state index contributed by atoms with van der Waals surface area (Å²) in [6, 6.07) is 3.52. The van der Waals surface area contributed by atoms with Crippen LogP contribution in [0.25, 0.3) is 11.5 Å². The van der Waals surface area contributed by atoms with Gasteiger partial charge in [0.15, 0.2) is 0 Å². The molecule has 2 aromatic rings. The molecular weight excluding hydrogens is 284 g/mol. The van der Waals surface area contributed by atoms with Crippen LogP contribution in [0.3, 0.4) is 0 Å². The summed E-state index contributed by atoms with van der Waals surface area (Å²) in [5.41, 5.74) is 0.269. The Hall–Kier alpha value is -2.31. The van der Waals surface area contributed by atoms with Crippen LogP contribution < -0.4 is 0 Å². The Morgan fingerprint density at radius 1 is 1.50 bits per heavy atom. The zero-order valence-corrected chi connectivity index (χ0v) is 13.0. The van der Waals surface area contributed by atoms with Gasteiger partial charge in [-0.1, -0.05) is 5.16 Å². The number of hydrogen-bond acceptors (Lipinski definition) is 5. The summed E-state index contributed by atoms with van der Waals surface area (Å²) in [5.74, 6) is 0.948. The highest BCUT2D eigenvalue weighted by Crippen LogP contribution is 2.33. The van der Waals surface area contributed by atoms with Crippen LogP contribution in [0.2, 0.25) is 0 Å². The zero-order chi connectivity index (χ0) is 15.7. The Kier molecular flexibility index (Phi) is 3.64. The summed E-state index contributed by atoms with van der Waals surface area (Å²) < 4.78 is 10.8. The Labute approximate surface area is 128 Å². The van der Waals surface area contributed by atoms with Crippen LogP contribution >= 0.6 is 0 Å². The Balaban J connectivity index is 1.77. The minimum atomic E-state index is -0.519. The molecule has 1 unspecified atom stereocenters. The van der Waals surface area contributed by atoms with Crippen LogP contribution in [0.15, 0.2) is 22.9 Å². The maximum atomic E-state index is 12.3. The Morgan fingerprint density at radius 2 is 2.32 bits per heavy atom. The van der Waals surface area contributed by atoms with Gasteiger partial charge in [-0.3, -0.25) is 4.90 Å². The molecule has 22 heavy (non-hydrogen) atoms. The van der Waals surface area contributed by atoms with Gasteiger partial charge in [-0.2, -0.15) is 4.98 Å². The first-order valence-electron chi connectivity index (χ1n) is 7.41. The van der Waals surface area contributed by atoms with Crippen LogP contribution in [0.4, 0.5) is 4.79 Å². The topological polar surface area (TPSA) is 84.2 Å². The number of likely N-dealkylation sites (tertiary alicyclic amines) is 1. The van der Waals surface area contributed by atoms with Crippen LogP contribution in [0, 0.1) is 0 Å². The van der Waals surface area contributed by atoms with Crippen molar-refractivity contribution in [3.8, 4) is 11.5 Å². The Morgan fingerprint density at radius 3 is 3.00 bits per heavy atom. The number of carbonyl (C=O) groups is 1. The molecule has 1 N–H and O–H groups in total. The third kappa shape index (κ3) is 2.98. The third-order valence-corrected chi connectivity index (χ3v) is 3.45. The van der Waals surface area contributed by atoms with Gasteiger partial charge in [0.2, 0.25) is 11.7 Å². The second-order valence-corrected chi connectivity index (χ2v) is 6.37. The summed E-state index contributed by atoms with van der Waals surface area (Å²) in [5, 5.41) is 3.98. The van der Waals surface area contributed by atoms with Gasteiger partial charge in [-0.05, 0) is 45.7 Å². The second kappa shape index (κ2) is 5.47. The van der Waals surface area contributed by atoms with E-state index in [1.54, 1.807) is 11.1 Å². The fourth-order valence-corrected chi connectivity index (χ4v) is 2.51. The molecule has 1 fully saturated rings. The number of amides is 1. The zero-order valence-electron chi connectivity index (χ0n) is 13.0. The van der Waals surface area contributed by atoms with Crippen molar-refractivity contribution in [2.24, 2.45) is 0 Å². The lowest BCUT2D eigenvalue weighted by Gasteiger charge is -2.26. The van der Waals surface area contributed by atoms with E-state index in [9.17, 15) is 4.79 Å². The number of aromatic amines is 1. The van der Waals surface area contributed by atoms with Crippen LogP contribution in [-0.4, -0.2) is 38.3 Å². The van der Waals surface area contributed by atoms with Gasteiger partial charge in [0.1, 0.15) is 11.6 Å². The van der Waals surface area contributed by atoms with Crippen LogP contribution in [-0.2, 0) is 4.74 Å². The molecule has 1 amide bonds. The minimum Gasteiger partial charge on any atom is -0.444 e. The minimum absolute atomic E-state index is 0.217. The van der Waals surface area contributed by atoms with Gasteiger partial charge >= 0.3 is 6.09 Å². The average Bonchev–Trinajstić information content (AvgIpc) is 3.17. The lowest BCUT2D eigenvalue weighted by atomic mass is 10.2. The predicted octanol–water partition coefficient (Wildman–Crippen LogP) is 3.14. The molecule has 7 nitrogen and oxygen atoms in total. The van der Waals surface area contributed by atoms with E-state index in [-0.39, 0.29) is 12.1 Å². The van der Waals surface area contributed by atoms with Crippen molar-refractivity contribution in [1.82, 2.24) is 20.0 Å². The van der Waals surface area contributed by atoms with Gasteiger partial charge in [0.05, 0.1) is 5.69 Å². The molecule has 0 saturated carbocycles.